The van der Waals surface area contributed by atoms with E-state index in [4.69, 9.17) is 4.74 Å². The van der Waals surface area contributed by atoms with Crippen molar-refractivity contribution in [2.75, 3.05) is 20.2 Å². The van der Waals surface area contributed by atoms with Gasteiger partial charge in [0.25, 0.3) is 5.91 Å². The number of methoxy groups -OCH3 is 1. The fourth-order valence-electron chi connectivity index (χ4n) is 1.93. The molecule has 1 aliphatic rings. The van der Waals surface area contributed by atoms with Crippen molar-refractivity contribution in [1.29, 1.82) is 0 Å². The van der Waals surface area contributed by atoms with E-state index >= 15 is 0 Å². The van der Waals surface area contributed by atoms with Crippen molar-refractivity contribution in [2.45, 2.75) is 12.5 Å². The Morgan fingerprint density at radius 1 is 1.59 bits per heavy atom. The van der Waals surface area contributed by atoms with E-state index in [0.29, 0.717) is 23.1 Å². The van der Waals surface area contributed by atoms with Crippen LogP contribution in [0.1, 0.15) is 16.8 Å². The molecule has 2 rings (SSSR count). The Balaban J connectivity index is 2.12. The average Bonchev–Trinajstić information content (AvgIpc) is 2.80. The Labute approximate surface area is 108 Å². The standard InChI is InChI=1S/C12H14BrNO3/c1-17-9-4-5-14(7-9)12(16)8-2-3-10(13)11(15)6-8/h2-3,6,9,15H,4-5,7H2,1H3. The average molecular weight is 300 g/mol. The second-order valence-electron chi connectivity index (χ2n) is 4.06. The van der Waals surface area contributed by atoms with E-state index < -0.39 is 0 Å². The minimum absolute atomic E-state index is 0.0626. The number of phenolic OH excluding ortho intramolecular Hbond substituents is 1. The van der Waals surface area contributed by atoms with Crippen LogP contribution in [0.25, 0.3) is 0 Å². The molecule has 1 unspecified atom stereocenters. The number of ether oxygens (including phenoxy) is 1. The lowest BCUT2D eigenvalue weighted by molar-refractivity contribution is 0.0724. The van der Waals surface area contributed by atoms with E-state index in [1.165, 1.54) is 6.07 Å². The van der Waals surface area contributed by atoms with Crippen LogP contribution in [-0.4, -0.2) is 42.2 Å². The molecule has 1 atom stereocenters. The highest BCUT2D eigenvalue weighted by Crippen LogP contribution is 2.25. The molecule has 4 nitrogen and oxygen atoms in total. The first-order valence-corrected chi connectivity index (χ1v) is 6.21. The van der Waals surface area contributed by atoms with Crippen LogP contribution in [0, 0.1) is 0 Å². The predicted molar refractivity (Wildman–Crippen MR) is 67.1 cm³/mol. The number of benzene rings is 1. The summed E-state index contributed by atoms with van der Waals surface area (Å²) in [4.78, 5) is 13.9. The van der Waals surface area contributed by atoms with Crippen molar-refractivity contribution < 1.29 is 14.6 Å². The van der Waals surface area contributed by atoms with Gasteiger partial charge < -0.3 is 14.7 Å². The fourth-order valence-corrected chi connectivity index (χ4v) is 2.18. The van der Waals surface area contributed by atoms with Crippen molar-refractivity contribution in [3.8, 4) is 5.75 Å². The minimum Gasteiger partial charge on any atom is -0.507 e. The second-order valence-corrected chi connectivity index (χ2v) is 4.92. The van der Waals surface area contributed by atoms with Crippen LogP contribution in [0.2, 0.25) is 0 Å². The molecule has 0 bridgehead atoms. The highest BCUT2D eigenvalue weighted by Gasteiger charge is 2.26. The van der Waals surface area contributed by atoms with Gasteiger partial charge in [0.05, 0.1) is 10.6 Å². The van der Waals surface area contributed by atoms with Gasteiger partial charge in [-0.15, -0.1) is 0 Å². The summed E-state index contributed by atoms with van der Waals surface area (Å²) in [5, 5.41) is 9.55. The first-order valence-electron chi connectivity index (χ1n) is 5.42. The van der Waals surface area contributed by atoms with Gasteiger partial charge in [-0.05, 0) is 40.5 Å². The summed E-state index contributed by atoms with van der Waals surface area (Å²) < 4.78 is 5.81. The quantitative estimate of drug-likeness (QED) is 0.909. The van der Waals surface area contributed by atoms with E-state index in [9.17, 15) is 9.90 Å². The van der Waals surface area contributed by atoms with Crippen molar-refractivity contribution in [3.05, 3.63) is 28.2 Å². The highest BCUT2D eigenvalue weighted by molar-refractivity contribution is 9.10. The minimum atomic E-state index is -0.0626. The summed E-state index contributed by atoms with van der Waals surface area (Å²) in [6, 6.07) is 4.85. The number of halogens is 1. The number of carbonyl (C=O) groups is 1. The number of phenols is 1. The topological polar surface area (TPSA) is 49.8 Å². The van der Waals surface area contributed by atoms with Gasteiger partial charge in [0.2, 0.25) is 0 Å². The van der Waals surface area contributed by atoms with Gasteiger partial charge in [-0.2, -0.15) is 0 Å². The SMILES string of the molecule is COC1CCN(C(=O)c2ccc(Br)c(O)c2)C1. The first-order chi connectivity index (χ1) is 8.11. The zero-order valence-electron chi connectivity index (χ0n) is 9.52. The Kier molecular flexibility index (Phi) is 3.69. The molecule has 1 aliphatic heterocycles. The lowest BCUT2D eigenvalue weighted by atomic mass is 10.2. The number of hydrogen-bond acceptors (Lipinski definition) is 3. The van der Waals surface area contributed by atoms with E-state index in [1.807, 2.05) is 0 Å². The normalized spacial score (nSPS) is 19.6. The smallest absolute Gasteiger partial charge is 0.254 e. The first kappa shape index (κ1) is 12.4. The van der Waals surface area contributed by atoms with Crippen molar-refractivity contribution in [2.24, 2.45) is 0 Å². The summed E-state index contributed by atoms with van der Waals surface area (Å²) in [6.45, 7) is 1.32. The van der Waals surface area contributed by atoms with Gasteiger partial charge in [-0.3, -0.25) is 4.79 Å². The number of hydrogen-bond donors (Lipinski definition) is 1. The highest BCUT2D eigenvalue weighted by atomic mass is 79.9. The molecule has 0 aliphatic carbocycles. The van der Waals surface area contributed by atoms with Gasteiger partial charge in [-0.1, -0.05) is 0 Å². The largest absolute Gasteiger partial charge is 0.507 e. The maximum Gasteiger partial charge on any atom is 0.254 e. The van der Waals surface area contributed by atoms with Crippen LogP contribution in [0.15, 0.2) is 22.7 Å². The molecule has 1 N–H and O–H groups in total. The Morgan fingerprint density at radius 3 is 2.94 bits per heavy atom. The summed E-state index contributed by atoms with van der Waals surface area (Å²) in [6.07, 6.45) is 0.994. The fraction of sp³-hybridized carbons (Fsp3) is 0.417. The van der Waals surface area contributed by atoms with E-state index in [2.05, 4.69) is 15.9 Å². The third-order valence-corrected chi connectivity index (χ3v) is 3.63. The zero-order valence-corrected chi connectivity index (χ0v) is 11.1. The molecule has 0 radical (unpaired) electrons. The number of carbonyl (C=O) groups excluding carboxylic acids is 1. The van der Waals surface area contributed by atoms with Crippen LogP contribution >= 0.6 is 15.9 Å². The molecule has 0 saturated carbocycles. The number of nitrogens with zero attached hydrogens (tertiary/aromatic N) is 1. The summed E-state index contributed by atoms with van der Waals surface area (Å²) in [5.74, 6) is 0.0192. The van der Waals surface area contributed by atoms with Crippen LogP contribution in [-0.2, 0) is 4.74 Å². The Bertz CT molecular complexity index is 436. The molecule has 1 amide bonds. The van der Waals surface area contributed by atoms with Crippen LogP contribution in [0.5, 0.6) is 5.75 Å². The molecule has 1 aromatic carbocycles. The van der Waals surface area contributed by atoms with Crippen molar-refractivity contribution >= 4 is 21.8 Å². The lowest BCUT2D eigenvalue weighted by Gasteiger charge is -2.16. The summed E-state index contributed by atoms with van der Waals surface area (Å²) in [7, 11) is 1.66. The maximum absolute atomic E-state index is 12.1. The van der Waals surface area contributed by atoms with Gasteiger partial charge >= 0.3 is 0 Å². The second kappa shape index (κ2) is 5.06. The van der Waals surface area contributed by atoms with Crippen LogP contribution < -0.4 is 0 Å². The number of aromatic hydroxyl groups is 1. The van der Waals surface area contributed by atoms with Gasteiger partial charge in [-0.25, -0.2) is 0 Å². The predicted octanol–water partition coefficient (Wildman–Crippen LogP) is 2.02. The maximum atomic E-state index is 12.1. The number of rotatable bonds is 2. The summed E-state index contributed by atoms with van der Waals surface area (Å²) in [5.41, 5.74) is 0.502. The van der Waals surface area contributed by atoms with Gasteiger partial charge in [0, 0.05) is 25.8 Å². The monoisotopic (exact) mass is 299 g/mol. The van der Waals surface area contributed by atoms with Crippen LogP contribution in [0.3, 0.4) is 0 Å². The van der Waals surface area contributed by atoms with E-state index in [1.54, 1.807) is 24.1 Å². The van der Waals surface area contributed by atoms with Crippen molar-refractivity contribution in [3.63, 3.8) is 0 Å². The van der Waals surface area contributed by atoms with Crippen molar-refractivity contribution in [1.82, 2.24) is 4.90 Å². The Hall–Kier alpha value is -1.07. The number of likely N-dealkylation sites (tertiary alicyclic amines) is 1. The lowest BCUT2D eigenvalue weighted by Crippen LogP contribution is -2.29. The molecule has 1 fully saturated rings. The zero-order chi connectivity index (χ0) is 12.4. The van der Waals surface area contributed by atoms with E-state index in [0.717, 1.165) is 6.42 Å². The molecule has 1 saturated heterocycles. The third-order valence-electron chi connectivity index (χ3n) is 2.96. The molecule has 1 heterocycles. The molecule has 1 aromatic rings. The molecule has 92 valence electrons. The van der Waals surface area contributed by atoms with Gasteiger partial charge in [0.15, 0.2) is 0 Å². The Morgan fingerprint density at radius 2 is 2.35 bits per heavy atom. The molecule has 0 aromatic heterocycles. The molecule has 17 heavy (non-hydrogen) atoms. The summed E-state index contributed by atoms with van der Waals surface area (Å²) >= 11 is 3.19. The molecular weight excluding hydrogens is 286 g/mol. The van der Waals surface area contributed by atoms with Gasteiger partial charge in [0.1, 0.15) is 5.75 Å². The molecule has 0 spiro atoms. The third kappa shape index (κ3) is 2.61. The number of amides is 1. The molecular formula is C12H14BrNO3. The van der Waals surface area contributed by atoms with E-state index in [-0.39, 0.29) is 17.8 Å². The van der Waals surface area contributed by atoms with Crippen LogP contribution in [0.4, 0.5) is 0 Å². The molecule has 5 heteroatoms.